The molecule has 0 aliphatic heterocycles. The lowest BCUT2D eigenvalue weighted by Crippen LogP contribution is -2.20. The van der Waals surface area contributed by atoms with Gasteiger partial charge in [0.15, 0.2) is 6.61 Å². The van der Waals surface area contributed by atoms with Crippen LogP contribution in [0, 0.1) is 18.3 Å². The number of halogens is 1. The normalized spacial score (nSPS) is 11.2. The summed E-state index contributed by atoms with van der Waals surface area (Å²) in [7, 11) is 1.59. The largest absolute Gasteiger partial charge is 0.497 e. The van der Waals surface area contributed by atoms with Gasteiger partial charge in [0, 0.05) is 11.8 Å². The topological polar surface area (TPSA) is 100 Å². The van der Waals surface area contributed by atoms with E-state index in [1.807, 2.05) is 49.4 Å². The molecule has 1 heterocycles. The number of H-pyrrole nitrogens is 1. The molecule has 1 amide bonds. The summed E-state index contributed by atoms with van der Waals surface area (Å²) in [6.07, 6.45) is 1.68. The Labute approximate surface area is 201 Å². The van der Waals surface area contributed by atoms with E-state index in [0.29, 0.717) is 39.2 Å². The molecule has 0 aliphatic rings. The number of imidazole rings is 1. The Kier molecular flexibility index (Phi) is 6.81. The van der Waals surface area contributed by atoms with Crippen molar-refractivity contribution >= 4 is 45.9 Å². The molecule has 0 saturated heterocycles. The molecule has 170 valence electrons. The molecule has 0 aliphatic carbocycles. The van der Waals surface area contributed by atoms with Gasteiger partial charge in [-0.1, -0.05) is 35.4 Å². The molecule has 0 fully saturated rings. The number of aromatic amines is 1. The van der Waals surface area contributed by atoms with Crippen LogP contribution in [0.4, 0.5) is 5.69 Å². The van der Waals surface area contributed by atoms with Crippen LogP contribution in [-0.4, -0.2) is 29.6 Å². The van der Waals surface area contributed by atoms with Crippen LogP contribution in [-0.2, 0) is 4.79 Å². The lowest BCUT2D eigenvalue weighted by molar-refractivity contribution is -0.118. The van der Waals surface area contributed by atoms with E-state index in [1.165, 1.54) is 0 Å². The zero-order valence-electron chi connectivity index (χ0n) is 18.6. The highest BCUT2D eigenvalue weighted by molar-refractivity contribution is 6.32. The summed E-state index contributed by atoms with van der Waals surface area (Å²) >= 11 is 6.35. The predicted octanol–water partition coefficient (Wildman–Crippen LogP) is 5.62. The number of nitrogens with zero attached hydrogens (tertiary/aromatic N) is 2. The number of amides is 1. The summed E-state index contributed by atoms with van der Waals surface area (Å²) in [6, 6.07) is 20.2. The van der Waals surface area contributed by atoms with E-state index < -0.39 is 0 Å². The number of allylic oxidation sites excluding steroid dienone is 1. The number of benzene rings is 3. The smallest absolute Gasteiger partial charge is 0.262 e. The van der Waals surface area contributed by atoms with Gasteiger partial charge in [-0.15, -0.1) is 0 Å². The highest BCUT2D eigenvalue weighted by atomic mass is 35.5. The van der Waals surface area contributed by atoms with E-state index in [9.17, 15) is 10.1 Å². The second kappa shape index (κ2) is 10.1. The molecule has 0 radical (unpaired) electrons. The number of rotatable bonds is 7. The number of anilines is 1. The number of carbonyl (C=O) groups is 1. The van der Waals surface area contributed by atoms with Crippen molar-refractivity contribution in [3.8, 4) is 17.6 Å². The maximum atomic E-state index is 12.2. The van der Waals surface area contributed by atoms with E-state index in [-0.39, 0.29) is 12.5 Å². The maximum absolute atomic E-state index is 12.2. The van der Waals surface area contributed by atoms with Crippen LogP contribution in [0.25, 0.3) is 22.7 Å². The molecule has 0 unspecified atom stereocenters. The van der Waals surface area contributed by atoms with Gasteiger partial charge in [-0.2, -0.15) is 5.26 Å². The molecule has 0 atom stereocenters. The van der Waals surface area contributed by atoms with Crippen molar-refractivity contribution in [3.63, 3.8) is 0 Å². The predicted molar refractivity (Wildman–Crippen MR) is 133 cm³/mol. The van der Waals surface area contributed by atoms with Crippen LogP contribution >= 0.6 is 11.6 Å². The Hall–Kier alpha value is -4.28. The third-order valence-corrected chi connectivity index (χ3v) is 5.32. The second-order valence-corrected chi connectivity index (χ2v) is 7.94. The number of nitrogens with one attached hydrogen (secondary N) is 2. The van der Waals surface area contributed by atoms with Gasteiger partial charge in [-0.25, -0.2) is 4.98 Å². The van der Waals surface area contributed by atoms with Crippen LogP contribution in [0.2, 0.25) is 5.02 Å². The minimum Gasteiger partial charge on any atom is -0.497 e. The number of fused-ring (bicyclic) bond motifs is 1. The fourth-order valence-electron chi connectivity index (χ4n) is 3.26. The third kappa shape index (κ3) is 5.37. The van der Waals surface area contributed by atoms with Crippen LogP contribution in [0.1, 0.15) is 17.0 Å². The van der Waals surface area contributed by atoms with E-state index in [2.05, 4.69) is 21.4 Å². The molecule has 2 N–H and O–H groups in total. The van der Waals surface area contributed by atoms with Gasteiger partial charge in [0.25, 0.3) is 5.91 Å². The van der Waals surface area contributed by atoms with Crippen LogP contribution in [0.3, 0.4) is 0 Å². The number of methoxy groups -OCH3 is 1. The Bertz CT molecular complexity index is 1420. The molecule has 0 spiro atoms. The fraction of sp³-hybridized carbons (Fsp3) is 0.115. The van der Waals surface area contributed by atoms with E-state index in [4.69, 9.17) is 21.1 Å². The van der Waals surface area contributed by atoms with Gasteiger partial charge in [0.1, 0.15) is 23.4 Å². The number of aromatic nitrogens is 2. The second-order valence-electron chi connectivity index (χ2n) is 7.53. The van der Waals surface area contributed by atoms with Crippen molar-refractivity contribution in [2.45, 2.75) is 6.92 Å². The number of aryl methyl sites for hydroxylation is 1. The zero-order valence-corrected chi connectivity index (χ0v) is 19.3. The molecule has 8 heteroatoms. The minimum absolute atomic E-state index is 0.186. The van der Waals surface area contributed by atoms with Crippen molar-refractivity contribution in [3.05, 3.63) is 82.6 Å². The SMILES string of the molecule is COc1ccc2nc(C(C#N)=Cc3ccc(OCC(=O)Nc4ccc(C)cc4)c(Cl)c3)[nH]c2c1. The number of carbonyl (C=O) groups excluding carboxylic acids is 1. The number of nitriles is 1. The van der Waals surface area contributed by atoms with Crippen molar-refractivity contribution in [1.82, 2.24) is 9.97 Å². The van der Waals surface area contributed by atoms with E-state index in [0.717, 1.165) is 16.6 Å². The number of hydrogen-bond donors (Lipinski definition) is 2. The monoisotopic (exact) mass is 472 g/mol. The van der Waals surface area contributed by atoms with Gasteiger partial charge in [0.05, 0.1) is 28.7 Å². The van der Waals surface area contributed by atoms with Crippen LogP contribution in [0.5, 0.6) is 11.5 Å². The van der Waals surface area contributed by atoms with Crippen molar-refractivity contribution in [2.75, 3.05) is 19.0 Å². The van der Waals surface area contributed by atoms with Crippen molar-refractivity contribution in [1.29, 1.82) is 5.26 Å². The first-order valence-electron chi connectivity index (χ1n) is 10.4. The molecule has 4 aromatic rings. The van der Waals surface area contributed by atoms with Gasteiger partial charge >= 0.3 is 0 Å². The van der Waals surface area contributed by atoms with Gasteiger partial charge in [-0.05, 0) is 55.0 Å². The highest BCUT2D eigenvalue weighted by Crippen LogP contribution is 2.28. The Morgan fingerprint density at radius 3 is 2.68 bits per heavy atom. The van der Waals surface area contributed by atoms with Gasteiger partial charge in [-0.3, -0.25) is 4.79 Å². The Balaban J connectivity index is 1.45. The van der Waals surface area contributed by atoms with E-state index >= 15 is 0 Å². The average molecular weight is 473 g/mol. The first-order chi connectivity index (χ1) is 16.4. The quantitative estimate of drug-likeness (QED) is 0.340. The highest BCUT2D eigenvalue weighted by Gasteiger charge is 2.11. The van der Waals surface area contributed by atoms with Crippen LogP contribution in [0.15, 0.2) is 60.7 Å². The average Bonchev–Trinajstić information content (AvgIpc) is 3.26. The van der Waals surface area contributed by atoms with Crippen molar-refractivity contribution in [2.24, 2.45) is 0 Å². The fourth-order valence-corrected chi connectivity index (χ4v) is 3.51. The molecule has 7 nitrogen and oxygen atoms in total. The van der Waals surface area contributed by atoms with Gasteiger partial charge < -0.3 is 19.8 Å². The lowest BCUT2D eigenvalue weighted by atomic mass is 10.1. The maximum Gasteiger partial charge on any atom is 0.262 e. The zero-order chi connectivity index (χ0) is 24.1. The van der Waals surface area contributed by atoms with Gasteiger partial charge in [0.2, 0.25) is 0 Å². The molecule has 0 saturated carbocycles. The summed E-state index contributed by atoms with van der Waals surface area (Å²) < 4.78 is 10.8. The number of hydrogen-bond acceptors (Lipinski definition) is 5. The standard InChI is InChI=1S/C26H21ClN4O3/c1-16-3-6-19(7-4-16)29-25(32)15-34-24-10-5-17(12-21(24)27)11-18(14-28)26-30-22-9-8-20(33-2)13-23(22)31-26/h3-13H,15H2,1-2H3,(H,29,32)(H,30,31). The molecule has 1 aromatic heterocycles. The number of ether oxygens (including phenoxy) is 2. The summed E-state index contributed by atoms with van der Waals surface area (Å²) in [5.74, 6) is 1.21. The first-order valence-corrected chi connectivity index (χ1v) is 10.8. The summed E-state index contributed by atoms with van der Waals surface area (Å²) in [6.45, 7) is 1.79. The molecule has 3 aromatic carbocycles. The Morgan fingerprint density at radius 1 is 1.18 bits per heavy atom. The summed E-state index contributed by atoms with van der Waals surface area (Å²) in [4.78, 5) is 19.8. The minimum atomic E-state index is -0.294. The summed E-state index contributed by atoms with van der Waals surface area (Å²) in [5.41, 5.74) is 4.33. The Morgan fingerprint density at radius 2 is 1.97 bits per heavy atom. The summed E-state index contributed by atoms with van der Waals surface area (Å²) in [5, 5.41) is 12.8. The first kappa shape index (κ1) is 22.9. The molecule has 4 rings (SSSR count). The van der Waals surface area contributed by atoms with Crippen LogP contribution < -0.4 is 14.8 Å². The third-order valence-electron chi connectivity index (χ3n) is 5.03. The lowest BCUT2D eigenvalue weighted by Gasteiger charge is -2.09. The van der Waals surface area contributed by atoms with Crippen molar-refractivity contribution < 1.29 is 14.3 Å². The van der Waals surface area contributed by atoms with E-state index in [1.54, 1.807) is 31.4 Å². The molecular weight excluding hydrogens is 452 g/mol. The molecular formula is C26H21ClN4O3. The molecule has 34 heavy (non-hydrogen) atoms. The molecule has 0 bridgehead atoms.